The zero-order valence-corrected chi connectivity index (χ0v) is 17.4. The third kappa shape index (κ3) is 3.80. The number of hydrogen-bond acceptors (Lipinski definition) is 8. The molecule has 0 aromatic rings. The lowest BCUT2D eigenvalue weighted by molar-refractivity contribution is -0.195. The summed E-state index contributed by atoms with van der Waals surface area (Å²) in [6, 6.07) is 0. The second-order valence-corrected chi connectivity index (χ2v) is 8.56. The van der Waals surface area contributed by atoms with E-state index in [1.54, 1.807) is 27.7 Å². The van der Waals surface area contributed by atoms with Crippen molar-refractivity contribution in [2.24, 2.45) is 5.41 Å². The van der Waals surface area contributed by atoms with Gasteiger partial charge in [-0.05, 0) is 27.2 Å². The first-order chi connectivity index (χ1) is 12.5. The molecule has 0 unspecified atom stereocenters. The van der Waals surface area contributed by atoms with Crippen molar-refractivity contribution in [3.63, 3.8) is 0 Å². The van der Waals surface area contributed by atoms with Crippen molar-refractivity contribution < 1.29 is 33.4 Å². The fraction of sp³-hybridized carbons (Fsp3) is 0.647. The molecular weight excluding hydrogens is 398 g/mol. The van der Waals surface area contributed by atoms with Gasteiger partial charge in [0, 0.05) is 11.8 Å². The molecule has 150 valence electrons. The van der Waals surface area contributed by atoms with Crippen molar-refractivity contribution in [3.8, 4) is 0 Å². The molecule has 8 nitrogen and oxygen atoms in total. The largest absolute Gasteiger partial charge is 0.446 e. The van der Waals surface area contributed by atoms with Gasteiger partial charge in [-0.2, -0.15) is 0 Å². The number of ether oxygens (including phenoxy) is 3. The van der Waals surface area contributed by atoms with E-state index in [2.05, 4.69) is 0 Å². The number of halogens is 1. The third-order valence-electron chi connectivity index (χ3n) is 4.13. The van der Waals surface area contributed by atoms with Gasteiger partial charge < -0.3 is 14.2 Å². The van der Waals surface area contributed by atoms with Crippen molar-refractivity contribution in [1.82, 2.24) is 4.90 Å². The van der Waals surface area contributed by atoms with Gasteiger partial charge in [0.05, 0.1) is 11.3 Å². The molecule has 0 bridgehead atoms. The summed E-state index contributed by atoms with van der Waals surface area (Å²) in [5, 5.41) is -0.577. The fourth-order valence-corrected chi connectivity index (χ4v) is 4.48. The molecule has 2 rings (SSSR count). The summed E-state index contributed by atoms with van der Waals surface area (Å²) in [6.07, 6.45) is 0.265. The molecule has 2 heterocycles. The number of hydrogen-bond donors (Lipinski definition) is 0. The van der Waals surface area contributed by atoms with Crippen molar-refractivity contribution in [1.29, 1.82) is 0 Å². The van der Waals surface area contributed by atoms with Crippen molar-refractivity contribution >= 4 is 47.2 Å². The van der Waals surface area contributed by atoms with Gasteiger partial charge in [0.2, 0.25) is 12.4 Å². The monoisotopic (exact) mass is 419 g/mol. The molecule has 1 saturated heterocycles. The predicted octanol–water partition coefficient (Wildman–Crippen LogP) is 2.15. The Labute approximate surface area is 166 Å². The number of amides is 1. The first-order valence-electron chi connectivity index (χ1n) is 8.33. The van der Waals surface area contributed by atoms with Gasteiger partial charge in [0.15, 0.2) is 0 Å². The Hall–Kier alpha value is -1.74. The van der Waals surface area contributed by atoms with Crippen LogP contribution >= 0.6 is 23.4 Å². The molecule has 2 atom stereocenters. The Morgan fingerprint density at radius 3 is 2.37 bits per heavy atom. The summed E-state index contributed by atoms with van der Waals surface area (Å²) >= 11 is 7.11. The summed E-state index contributed by atoms with van der Waals surface area (Å²) in [7, 11) is 0. The molecule has 1 fully saturated rings. The molecule has 1 amide bonds. The Bertz CT molecular complexity index is 715. The lowest BCUT2D eigenvalue weighted by atomic mass is 9.88. The van der Waals surface area contributed by atoms with Crippen LogP contribution in [0.5, 0.6) is 0 Å². The minimum absolute atomic E-state index is 0.00645. The summed E-state index contributed by atoms with van der Waals surface area (Å²) in [5.74, 6) is -2.46. The van der Waals surface area contributed by atoms with Gasteiger partial charge in [-0.25, -0.2) is 4.79 Å². The maximum atomic E-state index is 12.7. The Balaban J connectivity index is 2.11. The average Bonchev–Trinajstić information content (AvgIpc) is 2.94. The van der Waals surface area contributed by atoms with E-state index in [0.717, 1.165) is 0 Å². The number of thioether (sulfide) groups is 1. The number of rotatable bonds is 6. The first kappa shape index (κ1) is 21.6. The standard InChI is InChI=1S/C17H22ClNO7S/c1-6-17(26-9(2)20)13(22)19-11(10(7-18)27-14(17)19)12(21)24-8-25-15(23)16(3,4)5/h14H,6-8H2,1-5H3/t14-,17-/m1/s1. The lowest BCUT2D eigenvalue weighted by Crippen LogP contribution is -2.72. The second-order valence-electron chi connectivity index (χ2n) is 7.12. The fourth-order valence-electron chi connectivity index (χ4n) is 2.73. The normalized spacial score (nSPS) is 24.3. The number of alkyl halides is 1. The number of allylic oxidation sites excluding steroid dienone is 1. The van der Waals surface area contributed by atoms with E-state index < -0.39 is 47.0 Å². The van der Waals surface area contributed by atoms with Crippen LogP contribution < -0.4 is 0 Å². The number of esters is 3. The van der Waals surface area contributed by atoms with E-state index in [4.69, 9.17) is 25.8 Å². The highest BCUT2D eigenvalue weighted by molar-refractivity contribution is 8.04. The summed E-state index contributed by atoms with van der Waals surface area (Å²) in [4.78, 5) is 50.0. The molecule has 2 aliphatic heterocycles. The average molecular weight is 420 g/mol. The summed E-state index contributed by atoms with van der Waals surface area (Å²) < 4.78 is 15.2. The van der Waals surface area contributed by atoms with Crippen LogP contribution in [0.25, 0.3) is 0 Å². The minimum Gasteiger partial charge on any atom is -0.446 e. The topological polar surface area (TPSA) is 99.2 Å². The molecule has 0 saturated carbocycles. The minimum atomic E-state index is -1.32. The molecule has 0 aromatic heterocycles. The molecule has 0 N–H and O–H groups in total. The third-order valence-corrected chi connectivity index (χ3v) is 5.99. The van der Waals surface area contributed by atoms with Gasteiger partial charge in [-0.15, -0.1) is 11.6 Å². The van der Waals surface area contributed by atoms with Gasteiger partial charge in [-0.1, -0.05) is 18.7 Å². The molecule has 10 heteroatoms. The highest BCUT2D eigenvalue weighted by atomic mass is 35.5. The number of carbonyl (C=O) groups is 4. The van der Waals surface area contributed by atoms with Crippen LogP contribution in [0.3, 0.4) is 0 Å². The number of carbonyl (C=O) groups excluding carboxylic acids is 4. The van der Waals surface area contributed by atoms with Crippen molar-refractivity contribution in [2.75, 3.05) is 12.7 Å². The van der Waals surface area contributed by atoms with E-state index in [1.807, 2.05) is 0 Å². The van der Waals surface area contributed by atoms with Gasteiger partial charge in [0.1, 0.15) is 11.1 Å². The highest BCUT2D eigenvalue weighted by Gasteiger charge is 2.68. The number of β-lactam (4-membered cyclic amide) rings is 1. The van der Waals surface area contributed by atoms with Crippen molar-refractivity contribution in [3.05, 3.63) is 10.6 Å². The van der Waals surface area contributed by atoms with E-state index >= 15 is 0 Å². The quantitative estimate of drug-likeness (QED) is 0.279. The lowest BCUT2D eigenvalue weighted by Gasteiger charge is -2.50. The van der Waals surface area contributed by atoms with Crippen LogP contribution in [0.4, 0.5) is 0 Å². The van der Waals surface area contributed by atoms with Crippen LogP contribution in [0, 0.1) is 5.41 Å². The SMILES string of the molecule is CC[C@@]1(OC(C)=O)C(=O)N2C(C(=O)OCOC(=O)C(C)(C)C)=C(CCl)S[C@@H]21. The Morgan fingerprint density at radius 2 is 1.89 bits per heavy atom. The molecule has 0 aromatic carbocycles. The maximum absolute atomic E-state index is 12.7. The van der Waals surface area contributed by atoms with Crippen LogP contribution in [0.15, 0.2) is 10.6 Å². The molecular formula is C17H22ClNO7S. The Morgan fingerprint density at radius 1 is 1.26 bits per heavy atom. The zero-order chi connectivity index (χ0) is 20.6. The van der Waals surface area contributed by atoms with Crippen LogP contribution in [0.2, 0.25) is 0 Å². The molecule has 0 radical (unpaired) electrons. The molecule has 2 aliphatic rings. The number of fused-ring (bicyclic) bond motifs is 1. The van der Waals surface area contributed by atoms with Crippen LogP contribution in [0.1, 0.15) is 41.0 Å². The molecule has 27 heavy (non-hydrogen) atoms. The second kappa shape index (κ2) is 7.71. The first-order valence-corrected chi connectivity index (χ1v) is 9.74. The van der Waals surface area contributed by atoms with Crippen LogP contribution in [-0.2, 0) is 33.4 Å². The van der Waals surface area contributed by atoms with E-state index in [9.17, 15) is 19.2 Å². The van der Waals surface area contributed by atoms with Gasteiger partial charge in [0.25, 0.3) is 5.91 Å². The summed E-state index contributed by atoms with van der Waals surface area (Å²) in [6.45, 7) is 7.38. The zero-order valence-electron chi connectivity index (χ0n) is 15.8. The van der Waals surface area contributed by atoms with Gasteiger partial charge in [-0.3, -0.25) is 19.3 Å². The molecule has 0 aliphatic carbocycles. The van der Waals surface area contributed by atoms with Crippen LogP contribution in [-0.4, -0.2) is 52.4 Å². The van der Waals surface area contributed by atoms with E-state index in [-0.39, 0.29) is 18.0 Å². The van der Waals surface area contributed by atoms with Crippen molar-refractivity contribution in [2.45, 2.75) is 52.0 Å². The predicted molar refractivity (Wildman–Crippen MR) is 97.3 cm³/mol. The highest BCUT2D eigenvalue weighted by Crippen LogP contribution is 2.54. The number of nitrogens with zero attached hydrogens (tertiary/aromatic N) is 1. The Kier molecular flexibility index (Phi) is 6.16. The smallest absolute Gasteiger partial charge is 0.358 e. The van der Waals surface area contributed by atoms with E-state index in [0.29, 0.717) is 4.91 Å². The molecule has 0 spiro atoms. The maximum Gasteiger partial charge on any atom is 0.358 e. The van der Waals surface area contributed by atoms with E-state index in [1.165, 1.54) is 23.6 Å². The summed E-state index contributed by atoms with van der Waals surface area (Å²) in [5.41, 5.74) is -2.07. The van der Waals surface area contributed by atoms with Gasteiger partial charge >= 0.3 is 17.9 Å².